The van der Waals surface area contributed by atoms with Gasteiger partial charge >= 0.3 is 0 Å². The Morgan fingerprint density at radius 3 is 2.36 bits per heavy atom. The molecular weight excluding hydrogens is 270 g/mol. The van der Waals surface area contributed by atoms with Crippen LogP contribution in [0.25, 0.3) is 28.0 Å². The predicted octanol–water partition coefficient (Wildman–Crippen LogP) is 4.40. The quantitative estimate of drug-likeness (QED) is 0.546. The molecule has 4 aromatic rings. The summed E-state index contributed by atoms with van der Waals surface area (Å²) in [6.07, 6.45) is 1.81. The van der Waals surface area contributed by atoms with Crippen LogP contribution in [0.4, 0.5) is 0 Å². The van der Waals surface area contributed by atoms with Gasteiger partial charge in [-0.1, -0.05) is 48.0 Å². The van der Waals surface area contributed by atoms with Gasteiger partial charge in [0.1, 0.15) is 5.69 Å². The van der Waals surface area contributed by atoms with Crippen molar-refractivity contribution in [2.45, 2.75) is 6.92 Å². The minimum atomic E-state index is 0.880. The number of aryl methyl sites for hydroxylation is 1. The van der Waals surface area contributed by atoms with E-state index in [4.69, 9.17) is 5.10 Å². The van der Waals surface area contributed by atoms with Crippen LogP contribution in [0.5, 0.6) is 0 Å². The van der Waals surface area contributed by atoms with Crippen LogP contribution in [0.15, 0.2) is 72.9 Å². The van der Waals surface area contributed by atoms with E-state index in [9.17, 15) is 0 Å². The largest absolute Gasteiger partial charge is 0.237 e. The third-order valence-electron chi connectivity index (χ3n) is 3.77. The summed E-state index contributed by atoms with van der Waals surface area (Å²) < 4.78 is 1.91. The van der Waals surface area contributed by atoms with Gasteiger partial charge in [-0.2, -0.15) is 5.10 Å². The molecule has 22 heavy (non-hydrogen) atoms. The number of hydrogen-bond donors (Lipinski definition) is 0. The summed E-state index contributed by atoms with van der Waals surface area (Å²) in [5, 5.41) is 5.88. The minimum Gasteiger partial charge on any atom is -0.237 e. The van der Waals surface area contributed by atoms with E-state index in [0.717, 1.165) is 28.0 Å². The third-order valence-corrected chi connectivity index (χ3v) is 3.77. The van der Waals surface area contributed by atoms with Crippen LogP contribution in [0.1, 0.15) is 5.56 Å². The number of aromatic nitrogens is 3. The van der Waals surface area contributed by atoms with E-state index < -0.39 is 0 Å². The second-order valence-corrected chi connectivity index (χ2v) is 5.34. The number of hydrogen-bond acceptors (Lipinski definition) is 2. The van der Waals surface area contributed by atoms with Crippen LogP contribution >= 0.6 is 0 Å². The molecule has 0 aliphatic heterocycles. The first-order valence-electron chi connectivity index (χ1n) is 7.29. The molecule has 0 saturated heterocycles. The average Bonchev–Trinajstić information content (AvgIpc) is 2.96. The summed E-state index contributed by atoms with van der Waals surface area (Å²) in [5.74, 6) is 0. The van der Waals surface area contributed by atoms with Crippen LogP contribution < -0.4 is 0 Å². The lowest BCUT2D eigenvalue weighted by Crippen LogP contribution is -1.97. The van der Waals surface area contributed by atoms with Gasteiger partial charge in [0.25, 0.3) is 0 Å². The van der Waals surface area contributed by atoms with Gasteiger partial charge in [0.2, 0.25) is 0 Å². The van der Waals surface area contributed by atoms with Crippen molar-refractivity contribution in [1.29, 1.82) is 0 Å². The molecule has 106 valence electrons. The van der Waals surface area contributed by atoms with E-state index in [-0.39, 0.29) is 0 Å². The molecule has 0 amide bonds. The molecule has 0 atom stereocenters. The molecule has 2 heterocycles. The zero-order valence-corrected chi connectivity index (χ0v) is 12.3. The van der Waals surface area contributed by atoms with Crippen molar-refractivity contribution in [3.8, 4) is 16.9 Å². The van der Waals surface area contributed by atoms with Gasteiger partial charge in [0.05, 0.1) is 5.69 Å². The minimum absolute atomic E-state index is 0.880. The van der Waals surface area contributed by atoms with Gasteiger partial charge in [0.15, 0.2) is 5.65 Å². The fourth-order valence-corrected chi connectivity index (χ4v) is 2.63. The van der Waals surface area contributed by atoms with Crippen molar-refractivity contribution in [2.75, 3.05) is 0 Å². The summed E-state index contributed by atoms with van der Waals surface area (Å²) in [6.45, 7) is 2.08. The van der Waals surface area contributed by atoms with Crippen LogP contribution in [-0.2, 0) is 0 Å². The first-order valence-corrected chi connectivity index (χ1v) is 7.29. The zero-order chi connectivity index (χ0) is 14.9. The van der Waals surface area contributed by atoms with E-state index in [1.165, 1.54) is 5.56 Å². The number of pyridine rings is 1. The molecule has 0 bridgehead atoms. The predicted molar refractivity (Wildman–Crippen MR) is 89.0 cm³/mol. The lowest BCUT2D eigenvalue weighted by atomic mass is 10.1. The fourth-order valence-electron chi connectivity index (χ4n) is 2.63. The highest BCUT2D eigenvalue weighted by atomic mass is 15.3. The lowest BCUT2D eigenvalue weighted by Gasteiger charge is -2.02. The first-order chi connectivity index (χ1) is 10.8. The van der Waals surface area contributed by atoms with Crippen LogP contribution in [0.3, 0.4) is 0 Å². The Kier molecular flexibility index (Phi) is 2.97. The van der Waals surface area contributed by atoms with E-state index in [0.29, 0.717) is 0 Å². The summed E-state index contributed by atoms with van der Waals surface area (Å²) in [5.41, 5.74) is 5.20. The summed E-state index contributed by atoms with van der Waals surface area (Å²) in [7, 11) is 0. The van der Waals surface area contributed by atoms with Gasteiger partial charge in [-0.25, -0.2) is 9.67 Å². The average molecular weight is 285 g/mol. The van der Waals surface area contributed by atoms with Crippen molar-refractivity contribution in [3.63, 3.8) is 0 Å². The molecule has 0 spiro atoms. The molecule has 2 aromatic carbocycles. The monoisotopic (exact) mass is 285 g/mol. The molecule has 0 saturated carbocycles. The second-order valence-electron chi connectivity index (χ2n) is 5.34. The van der Waals surface area contributed by atoms with E-state index in [1.54, 1.807) is 0 Å². The Labute approximate surface area is 128 Å². The molecule has 3 nitrogen and oxygen atoms in total. The van der Waals surface area contributed by atoms with E-state index in [2.05, 4.69) is 54.4 Å². The highest BCUT2D eigenvalue weighted by Gasteiger charge is 2.13. The Bertz CT molecular complexity index is 922. The fraction of sp³-hybridized carbons (Fsp3) is 0.0526. The third kappa shape index (κ3) is 2.07. The molecule has 0 aliphatic rings. The lowest BCUT2D eigenvalue weighted by molar-refractivity contribution is 0.900. The van der Waals surface area contributed by atoms with Crippen molar-refractivity contribution in [3.05, 3.63) is 78.5 Å². The highest BCUT2D eigenvalue weighted by molar-refractivity contribution is 5.91. The molecule has 0 N–H and O–H groups in total. The molecule has 3 heteroatoms. The van der Waals surface area contributed by atoms with Crippen LogP contribution in [0.2, 0.25) is 0 Å². The molecular formula is C19H15N3. The zero-order valence-electron chi connectivity index (χ0n) is 12.3. The first kappa shape index (κ1) is 12.8. The normalized spacial score (nSPS) is 11.0. The van der Waals surface area contributed by atoms with Crippen molar-refractivity contribution < 1.29 is 0 Å². The van der Waals surface area contributed by atoms with E-state index >= 15 is 0 Å². The van der Waals surface area contributed by atoms with Crippen molar-refractivity contribution in [1.82, 2.24) is 14.8 Å². The second kappa shape index (κ2) is 5.11. The van der Waals surface area contributed by atoms with Crippen LogP contribution in [0, 0.1) is 6.92 Å². The maximum absolute atomic E-state index is 4.81. The van der Waals surface area contributed by atoms with Crippen LogP contribution in [-0.4, -0.2) is 14.8 Å². The summed E-state index contributed by atoms with van der Waals surface area (Å²) in [4.78, 5) is 4.53. The van der Waals surface area contributed by atoms with Gasteiger partial charge in [0, 0.05) is 17.1 Å². The maximum Gasteiger partial charge on any atom is 0.163 e. The number of nitrogens with zero attached hydrogens (tertiary/aromatic N) is 3. The van der Waals surface area contributed by atoms with Gasteiger partial charge in [-0.15, -0.1) is 0 Å². The molecule has 0 aliphatic carbocycles. The Balaban J connectivity index is 1.99. The standard InChI is InChI=1S/C19H15N3/c1-14-9-11-16(12-10-14)22-19-17(8-5-13-20-19)18(21-22)15-6-3-2-4-7-15/h2-13H,1H3. The van der Waals surface area contributed by atoms with E-state index in [1.807, 2.05) is 35.1 Å². The number of rotatable bonds is 2. The molecule has 2 aromatic heterocycles. The molecule has 0 radical (unpaired) electrons. The summed E-state index contributed by atoms with van der Waals surface area (Å²) in [6, 6.07) is 22.6. The Hall–Kier alpha value is -2.94. The molecule has 4 rings (SSSR count). The highest BCUT2D eigenvalue weighted by Crippen LogP contribution is 2.28. The number of benzene rings is 2. The topological polar surface area (TPSA) is 30.7 Å². The maximum atomic E-state index is 4.81. The van der Waals surface area contributed by atoms with Gasteiger partial charge < -0.3 is 0 Å². The smallest absolute Gasteiger partial charge is 0.163 e. The molecule has 0 fully saturated rings. The van der Waals surface area contributed by atoms with Gasteiger partial charge in [-0.05, 0) is 31.2 Å². The van der Waals surface area contributed by atoms with Crippen molar-refractivity contribution >= 4 is 11.0 Å². The van der Waals surface area contributed by atoms with Gasteiger partial charge in [-0.3, -0.25) is 0 Å². The molecule has 0 unspecified atom stereocenters. The Morgan fingerprint density at radius 2 is 1.59 bits per heavy atom. The SMILES string of the molecule is Cc1ccc(-n2nc(-c3ccccc3)c3cccnc32)cc1. The van der Waals surface area contributed by atoms with Crippen molar-refractivity contribution in [2.24, 2.45) is 0 Å². The number of fused-ring (bicyclic) bond motifs is 1. The summed E-state index contributed by atoms with van der Waals surface area (Å²) >= 11 is 0. The Morgan fingerprint density at radius 1 is 0.818 bits per heavy atom.